The number of amides is 1. The second kappa shape index (κ2) is 9.18. The molecule has 0 bridgehead atoms. The number of hydrogen-bond acceptors (Lipinski definition) is 5. The molecule has 172 valence electrons. The first kappa shape index (κ1) is 23.6. The van der Waals surface area contributed by atoms with E-state index < -0.39 is 11.7 Å². The van der Waals surface area contributed by atoms with Crippen LogP contribution in [0.5, 0.6) is 5.75 Å². The Balaban J connectivity index is 1.86. The van der Waals surface area contributed by atoms with Crippen molar-refractivity contribution < 1.29 is 14.3 Å². The van der Waals surface area contributed by atoms with E-state index in [9.17, 15) is 9.59 Å². The molecule has 2 heterocycles. The van der Waals surface area contributed by atoms with Crippen molar-refractivity contribution in [2.24, 2.45) is 13.0 Å². The summed E-state index contributed by atoms with van der Waals surface area (Å²) in [5, 5.41) is 5.34. The number of ether oxygens (including phenoxy) is 2. The molecule has 0 fully saturated rings. The Morgan fingerprint density at radius 2 is 1.88 bits per heavy atom. The average Bonchev–Trinajstić information content (AvgIpc) is 2.68. The van der Waals surface area contributed by atoms with Crippen LogP contribution in [-0.4, -0.2) is 33.9 Å². The lowest BCUT2D eigenvalue weighted by Crippen LogP contribution is -2.42. The van der Waals surface area contributed by atoms with Crippen LogP contribution in [0.4, 0.5) is 4.79 Å². The van der Waals surface area contributed by atoms with Gasteiger partial charge in [0.05, 0.1) is 22.6 Å². The highest BCUT2D eigenvalue weighted by molar-refractivity contribution is 6.06. The predicted octanol–water partition coefficient (Wildman–Crippen LogP) is 4.71. The van der Waals surface area contributed by atoms with Gasteiger partial charge in [-0.25, -0.2) is 4.79 Å². The predicted molar refractivity (Wildman–Crippen MR) is 127 cm³/mol. The van der Waals surface area contributed by atoms with Crippen molar-refractivity contribution in [3.8, 4) is 5.75 Å². The fraction of sp³-hybridized carbons (Fsp3) is 0.480. The molecule has 7 heteroatoms. The zero-order valence-corrected chi connectivity index (χ0v) is 20.0. The van der Waals surface area contributed by atoms with Crippen LogP contribution in [0.1, 0.15) is 46.7 Å². The summed E-state index contributed by atoms with van der Waals surface area (Å²) in [5.41, 5.74) is 0.980. The van der Waals surface area contributed by atoms with Gasteiger partial charge in [-0.2, -0.15) is 0 Å². The Morgan fingerprint density at radius 1 is 1.16 bits per heavy atom. The number of nitrogens with zero attached hydrogens (tertiary/aromatic N) is 2. The molecule has 1 aromatic carbocycles. The summed E-state index contributed by atoms with van der Waals surface area (Å²) in [5.74, 6) is 0.949. The van der Waals surface area contributed by atoms with Gasteiger partial charge in [-0.05, 0) is 69.7 Å². The Kier molecular flexibility index (Phi) is 6.77. The molecule has 32 heavy (non-hydrogen) atoms. The summed E-state index contributed by atoms with van der Waals surface area (Å²) >= 11 is 0. The number of aryl methyl sites for hydroxylation is 2. The van der Waals surface area contributed by atoms with E-state index in [0.29, 0.717) is 17.1 Å². The molecule has 3 aromatic rings. The Hall–Kier alpha value is -3.09. The SMILES string of the molecule is Cc1nccc2c3ccc(OCC(CC(C)C)NC(=O)OC(C)(C)C)cc3c(=O)n(C)c12. The summed E-state index contributed by atoms with van der Waals surface area (Å²) in [6, 6.07) is 7.25. The number of aromatic nitrogens is 2. The van der Waals surface area contributed by atoms with Gasteiger partial charge in [0, 0.05) is 18.6 Å². The summed E-state index contributed by atoms with van der Waals surface area (Å²) in [6.45, 7) is 11.8. The van der Waals surface area contributed by atoms with Gasteiger partial charge in [0.2, 0.25) is 0 Å². The van der Waals surface area contributed by atoms with Crippen LogP contribution in [0, 0.1) is 12.8 Å². The van der Waals surface area contributed by atoms with E-state index in [-0.39, 0.29) is 18.2 Å². The Labute approximate surface area is 188 Å². The minimum Gasteiger partial charge on any atom is -0.491 e. The highest BCUT2D eigenvalue weighted by atomic mass is 16.6. The molecule has 0 saturated carbocycles. The first-order valence-electron chi connectivity index (χ1n) is 11.0. The smallest absolute Gasteiger partial charge is 0.407 e. The van der Waals surface area contributed by atoms with Crippen LogP contribution in [-0.2, 0) is 11.8 Å². The molecule has 1 atom stereocenters. The lowest BCUT2D eigenvalue weighted by atomic mass is 10.0. The topological polar surface area (TPSA) is 82.5 Å². The quantitative estimate of drug-likeness (QED) is 0.562. The monoisotopic (exact) mass is 439 g/mol. The van der Waals surface area contributed by atoms with Crippen LogP contribution < -0.4 is 15.6 Å². The van der Waals surface area contributed by atoms with Crippen LogP contribution in [0.2, 0.25) is 0 Å². The Morgan fingerprint density at radius 3 is 2.53 bits per heavy atom. The molecule has 0 aliphatic heterocycles. The maximum absolute atomic E-state index is 13.0. The van der Waals surface area contributed by atoms with E-state index in [1.165, 1.54) is 0 Å². The summed E-state index contributed by atoms with van der Waals surface area (Å²) in [7, 11) is 1.76. The molecular formula is C25H33N3O4. The molecule has 1 N–H and O–H groups in total. The number of fused-ring (bicyclic) bond motifs is 3. The maximum atomic E-state index is 13.0. The van der Waals surface area contributed by atoms with E-state index in [0.717, 1.165) is 28.4 Å². The van der Waals surface area contributed by atoms with Crippen molar-refractivity contribution in [1.29, 1.82) is 0 Å². The van der Waals surface area contributed by atoms with Gasteiger partial charge < -0.3 is 19.4 Å². The van der Waals surface area contributed by atoms with Gasteiger partial charge in [0.1, 0.15) is 18.0 Å². The second-order valence-corrected chi connectivity index (χ2v) is 9.65. The molecule has 7 nitrogen and oxygen atoms in total. The van der Waals surface area contributed by atoms with E-state index in [4.69, 9.17) is 9.47 Å². The largest absolute Gasteiger partial charge is 0.491 e. The van der Waals surface area contributed by atoms with Crippen molar-refractivity contribution >= 4 is 27.8 Å². The van der Waals surface area contributed by atoms with Crippen molar-refractivity contribution in [3.05, 3.63) is 46.5 Å². The molecule has 1 unspecified atom stereocenters. The number of hydrogen-bond donors (Lipinski definition) is 1. The lowest BCUT2D eigenvalue weighted by molar-refractivity contribution is 0.0480. The molecule has 0 spiro atoms. The molecule has 3 rings (SSSR count). The van der Waals surface area contributed by atoms with Gasteiger partial charge >= 0.3 is 6.09 Å². The van der Waals surface area contributed by atoms with Gasteiger partial charge in [-0.15, -0.1) is 0 Å². The molecule has 0 saturated heterocycles. The molecule has 1 amide bonds. The third-order valence-corrected chi connectivity index (χ3v) is 5.19. The molecule has 2 aromatic heterocycles. The fourth-order valence-corrected chi connectivity index (χ4v) is 3.92. The summed E-state index contributed by atoms with van der Waals surface area (Å²) in [4.78, 5) is 29.6. The highest BCUT2D eigenvalue weighted by Gasteiger charge is 2.21. The molecule has 0 radical (unpaired) electrons. The molecule has 0 aliphatic rings. The second-order valence-electron chi connectivity index (χ2n) is 9.65. The number of carbonyl (C=O) groups is 1. The first-order chi connectivity index (χ1) is 15.0. The van der Waals surface area contributed by atoms with E-state index in [2.05, 4.69) is 24.1 Å². The van der Waals surface area contributed by atoms with Crippen LogP contribution >= 0.6 is 0 Å². The van der Waals surface area contributed by atoms with E-state index in [1.54, 1.807) is 23.9 Å². The molecular weight excluding hydrogens is 406 g/mol. The maximum Gasteiger partial charge on any atom is 0.407 e. The standard InChI is InChI=1S/C25H33N3O4/c1-15(2)12-17(27-24(30)32-25(4,5)6)14-31-18-8-9-19-20-10-11-26-16(3)22(20)28(7)23(29)21(19)13-18/h8-11,13,15,17H,12,14H2,1-7H3,(H,27,30). The number of pyridine rings is 2. The third-order valence-electron chi connectivity index (χ3n) is 5.19. The number of benzene rings is 1. The number of rotatable bonds is 6. The fourth-order valence-electron chi connectivity index (χ4n) is 3.92. The van der Waals surface area contributed by atoms with Gasteiger partial charge in [0.25, 0.3) is 5.56 Å². The van der Waals surface area contributed by atoms with Crippen molar-refractivity contribution in [1.82, 2.24) is 14.9 Å². The normalized spacial score (nSPS) is 12.9. The molecule has 0 aliphatic carbocycles. The van der Waals surface area contributed by atoms with Crippen LogP contribution in [0.15, 0.2) is 35.3 Å². The van der Waals surface area contributed by atoms with Crippen LogP contribution in [0.25, 0.3) is 21.7 Å². The van der Waals surface area contributed by atoms with Crippen molar-refractivity contribution in [2.75, 3.05) is 6.61 Å². The van der Waals surface area contributed by atoms with Gasteiger partial charge in [0.15, 0.2) is 0 Å². The highest BCUT2D eigenvalue weighted by Crippen LogP contribution is 2.27. The minimum absolute atomic E-state index is 0.0975. The minimum atomic E-state index is -0.567. The van der Waals surface area contributed by atoms with Crippen molar-refractivity contribution in [3.63, 3.8) is 0 Å². The number of carbonyl (C=O) groups excluding carboxylic acids is 1. The summed E-state index contributed by atoms with van der Waals surface area (Å²) < 4.78 is 13.0. The van der Waals surface area contributed by atoms with Gasteiger partial charge in [-0.3, -0.25) is 9.78 Å². The zero-order valence-electron chi connectivity index (χ0n) is 20.0. The Bertz CT molecular complexity index is 1190. The first-order valence-corrected chi connectivity index (χ1v) is 11.0. The summed E-state index contributed by atoms with van der Waals surface area (Å²) in [6.07, 6.45) is 2.03. The number of alkyl carbamates (subject to hydrolysis) is 1. The van der Waals surface area contributed by atoms with E-state index >= 15 is 0 Å². The third kappa shape index (κ3) is 5.39. The number of nitrogens with one attached hydrogen (secondary N) is 1. The van der Waals surface area contributed by atoms with E-state index in [1.807, 2.05) is 45.9 Å². The van der Waals surface area contributed by atoms with Crippen LogP contribution in [0.3, 0.4) is 0 Å². The zero-order chi connectivity index (χ0) is 23.6. The lowest BCUT2D eigenvalue weighted by Gasteiger charge is -2.24. The van der Waals surface area contributed by atoms with Gasteiger partial charge in [-0.1, -0.05) is 13.8 Å². The average molecular weight is 440 g/mol. The van der Waals surface area contributed by atoms with Crippen molar-refractivity contribution in [2.45, 2.75) is 59.6 Å².